The lowest BCUT2D eigenvalue weighted by molar-refractivity contribution is -0.143. The number of amides is 2. The first-order chi connectivity index (χ1) is 8.51. The Bertz CT molecular complexity index is 349. The van der Waals surface area contributed by atoms with E-state index in [1.165, 1.54) is 0 Å². The standard InChI is InChI=1S/C12H23N3O4/c1-12(2,3)6-7(13)4-10(17)15-8(11(18)19)5-9(14)16/h7-8H,4-6,13H2,1-3H3,(H2,14,16)(H,15,17)(H,18,19)/t7?,8-/m1/s1. The molecule has 2 atom stereocenters. The summed E-state index contributed by atoms with van der Waals surface area (Å²) in [6, 6.07) is -1.66. The Morgan fingerprint density at radius 1 is 1.21 bits per heavy atom. The Balaban J connectivity index is 4.34. The number of primary amides is 1. The predicted octanol–water partition coefficient (Wildman–Crippen LogP) is -0.415. The van der Waals surface area contributed by atoms with Crippen LogP contribution in [0.2, 0.25) is 0 Å². The van der Waals surface area contributed by atoms with Crippen molar-refractivity contribution in [3.8, 4) is 0 Å². The Kier molecular flexibility index (Phi) is 6.47. The van der Waals surface area contributed by atoms with Crippen molar-refractivity contribution in [3.05, 3.63) is 0 Å². The van der Waals surface area contributed by atoms with Crippen molar-refractivity contribution in [3.63, 3.8) is 0 Å². The van der Waals surface area contributed by atoms with E-state index in [1.807, 2.05) is 20.8 Å². The fraction of sp³-hybridized carbons (Fsp3) is 0.750. The number of nitrogens with one attached hydrogen (secondary N) is 1. The van der Waals surface area contributed by atoms with Crippen molar-refractivity contribution in [1.82, 2.24) is 5.32 Å². The third kappa shape index (κ3) is 9.01. The maximum Gasteiger partial charge on any atom is 0.326 e. The topological polar surface area (TPSA) is 136 Å². The van der Waals surface area contributed by atoms with Crippen LogP contribution in [0.15, 0.2) is 0 Å². The van der Waals surface area contributed by atoms with E-state index in [2.05, 4.69) is 5.32 Å². The third-order valence-corrected chi connectivity index (χ3v) is 2.36. The second-order valence-corrected chi connectivity index (χ2v) is 5.86. The van der Waals surface area contributed by atoms with Gasteiger partial charge in [0.15, 0.2) is 0 Å². The van der Waals surface area contributed by atoms with Crippen LogP contribution in [0.1, 0.15) is 40.0 Å². The van der Waals surface area contributed by atoms with Crippen molar-refractivity contribution >= 4 is 17.8 Å². The number of carboxylic acid groups (broad SMARTS) is 1. The molecule has 0 aromatic carbocycles. The van der Waals surface area contributed by atoms with Gasteiger partial charge in [-0.05, 0) is 11.8 Å². The van der Waals surface area contributed by atoms with Gasteiger partial charge >= 0.3 is 5.97 Å². The van der Waals surface area contributed by atoms with Crippen LogP contribution < -0.4 is 16.8 Å². The molecule has 7 nitrogen and oxygen atoms in total. The van der Waals surface area contributed by atoms with E-state index >= 15 is 0 Å². The quantitative estimate of drug-likeness (QED) is 0.499. The van der Waals surface area contributed by atoms with Gasteiger partial charge in [0.2, 0.25) is 11.8 Å². The smallest absolute Gasteiger partial charge is 0.326 e. The van der Waals surface area contributed by atoms with Crippen LogP contribution in [0, 0.1) is 5.41 Å². The number of carbonyl (C=O) groups excluding carboxylic acids is 2. The van der Waals surface area contributed by atoms with Gasteiger partial charge in [-0.3, -0.25) is 9.59 Å². The van der Waals surface area contributed by atoms with Gasteiger partial charge in [0, 0.05) is 12.5 Å². The van der Waals surface area contributed by atoms with Gasteiger partial charge in [-0.1, -0.05) is 20.8 Å². The van der Waals surface area contributed by atoms with Crippen LogP contribution in [-0.4, -0.2) is 35.0 Å². The molecule has 2 amide bonds. The summed E-state index contributed by atoms with van der Waals surface area (Å²) in [5.41, 5.74) is 10.7. The van der Waals surface area contributed by atoms with Crippen LogP contribution in [0.25, 0.3) is 0 Å². The monoisotopic (exact) mass is 273 g/mol. The van der Waals surface area contributed by atoms with E-state index in [-0.39, 0.29) is 17.9 Å². The van der Waals surface area contributed by atoms with E-state index in [9.17, 15) is 14.4 Å². The van der Waals surface area contributed by atoms with Crippen molar-refractivity contribution in [2.45, 2.75) is 52.1 Å². The Morgan fingerprint density at radius 2 is 1.74 bits per heavy atom. The molecule has 0 fully saturated rings. The molecule has 110 valence electrons. The average Bonchev–Trinajstić information content (AvgIpc) is 2.11. The summed E-state index contributed by atoms with van der Waals surface area (Å²) in [6.45, 7) is 5.99. The lowest BCUT2D eigenvalue weighted by atomic mass is 9.87. The highest BCUT2D eigenvalue weighted by molar-refractivity contribution is 5.88. The second kappa shape index (κ2) is 7.08. The first-order valence-electron chi connectivity index (χ1n) is 6.07. The highest BCUT2D eigenvalue weighted by Gasteiger charge is 2.24. The molecule has 0 aliphatic heterocycles. The van der Waals surface area contributed by atoms with Crippen LogP contribution in [0.3, 0.4) is 0 Å². The molecule has 0 saturated carbocycles. The largest absolute Gasteiger partial charge is 0.480 e. The van der Waals surface area contributed by atoms with Gasteiger partial charge in [0.1, 0.15) is 6.04 Å². The van der Waals surface area contributed by atoms with Gasteiger partial charge < -0.3 is 21.9 Å². The van der Waals surface area contributed by atoms with Gasteiger partial charge in [-0.15, -0.1) is 0 Å². The molecular weight excluding hydrogens is 250 g/mol. The Hall–Kier alpha value is -1.63. The number of carbonyl (C=O) groups is 3. The minimum atomic E-state index is -1.30. The van der Waals surface area contributed by atoms with Gasteiger partial charge in [0.25, 0.3) is 0 Å². The number of rotatable bonds is 7. The summed E-state index contributed by atoms with van der Waals surface area (Å²) in [6.07, 6.45) is 0.212. The molecule has 0 radical (unpaired) electrons. The van der Waals surface area contributed by atoms with E-state index < -0.39 is 30.2 Å². The fourth-order valence-corrected chi connectivity index (χ4v) is 1.75. The number of aliphatic carboxylic acids is 1. The normalized spacial score (nSPS) is 14.5. The number of carboxylic acids is 1. The van der Waals surface area contributed by atoms with Crippen LogP contribution in [-0.2, 0) is 14.4 Å². The number of hydrogen-bond donors (Lipinski definition) is 4. The zero-order valence-electron chi connectivity index (χ0n) is 11.6. The second-order valence-electron chi connectivity index (χ2n) is 5.86. The summed E-state index contributed by atoms with van der Waals surface area (Å²) in [4.78, 5) is 33.1. The van der Waals surface area contributed by atoms with Crippen molar-refractivity contribution < 1.29 is 19.5 Å². The molecule has 0 aliphatic rings. The number of nitrogens with two attached hydrogens (primary N) is 2. The maximum atomic E-state index is 11.6. The van der Waals surface area contributed by atoms with Crippen molar-refractivity contribution in [1.29, 1.82) is 0 Å². The summed E-state index contributed by atoms with van der Waals surface area (Å²) in [7, 11) is 0. The molecule has 1 unspecified atom stereocenters. The fourth-order valence-electron chi connectivity index (χ4n) is 1.75. The SMILES string of the molecule is CC(C)(C)CC(N)CC(=O)N[C@H](CC(N)=O)C(=O)O. The Labute approximate surface area is 112 Å². The zero-order chi connectivity index (χ0) is 15.2. The minimum absolute atomic E-state index is 0.0137. The minimum Gasteiger partial charge on any atom is -0.480 e. The molecule has 0 aliphatic carbocycles. The molecule has 0 saturated heterocycles. The maximum absolute atomic E-state index is 11.6. The van der Waals surface area contributed by atoms with E-state index in [0.717, 1.165) is 0 Å². The van der Waals surface area contributed by atoms with Crippen LogP contribution in [0.5, 0.6) is 0 Å². The Morgan fingerprint density at radius 3 is 2.11 bits per heavy atom. The molecule has 0 aromatic heterocycles. The van der Waals surface area contributed by atoms with Gasteiger partial charge in [0.05, 0.1) is 6.42 Å². The molecule has 0 aromatic rings. The van der Waals surface area contributed by atoms with Crippen LogP contribution in [0.4, 0.5) is 0 Å². The molecule has 0 spiro atoms. The summed E-state index contributed by atoms with van der Waals surface area (Å²) < 4.78 is 0. The zero-order valence-corrected chi connectivity index (χ0v) is 11.6. The predicted molar refractivity (Wildman–Crippen MR) is 70.0 cm³/mol. The highest BCUT2D eigenvalue weighted by Crippen LogP contribution is 2.20. The third-order valence-electron chi connectivity index (χ3n) is 2.36. The molecule has 0 bridgehead atoms. The van der Waals surface area contributed by atoms with Gasteiger partial charge in [-0.25, -0.2) is 4.79 Å². The molecule has 0 heterocycles. The molecule has 6 N–H and O–H groups in total. The van der Waals surface area contributed by atoms with E-state index in [0.29, 0.717) is 6.42 Å². The lowest BCUT2D eigenvalue weighted by Crippen LogP contribution is -2.45. The van der Waals surface area contributed by atoms with E-state index in [1.54, 1.807) is 0 Å². The molecule has 7 heteroatoms. The summed E-state index contributed by atoms with van der Waals surface area (Å²) >= 11 is 0. The van der Waals surface area contributed by atoms with Gasteiger partial charge in [-0.2, -0.15) is 0 Å². The first kappa shape index (κ1) is 17.4. The van der Waals surface area contributed by atoms with E-state index in [4.69, 9.17) is 16.6 Å². The van der Waals surface area contributed by atoms with Crippen molar-refractivity contribution in [2.75, 3.05) is 0 Å². The number of hydrogen-bond acceptors (Lipinski definition) is 4. The molecule has 19 heavy (non-hydrogen) atoms. The lowest BCUT2D eigenvalue weighted by Gasteiger charge is -2.23. The summed E-state index contributed by atoms with van der Waals surface area (Å²) in [5.74, 6) is -2.58. The van der Waals surface area contributed by atoms with Crippen LogP contribution >= 0.6 is 0 Å². The van der Waals surface area contributed by atoms with Crippen molar-refractivity contribution in [2.24, 2.45) is 16.9 Å². The first-order valence-corrected chi connectivity index (χ1v) is 6.07. The highest BCUT2D eigenvalue weighted by atomic mass is 16.4. The average molecular weight is 273 g/mol. The summed E-state index contributed by atoms with van der Waals surface area (Å²) in [5, 5.41) is 11.1. The molecular formula is C12H23N3O4. The molecule has 0 rings (SSSR count).